The Morgan fingerprint density at radius 3 is 1.33 bits per heavy atom. The van der Waals surface area contributed by atoms with E-state index in [0.717, 1.165) is 25.7 Å². The summed E-state index contributed by atoms with van der Waals surface area (Å²) in [5, 5.41) is 5.04. The predicted octanol–water partition coefficient (Wildman–Crippen LogP) is 4.61. The van der Waals surface area contributed by atoms with Crippen molar-refractivity contribution in [3.05, 3.63) is 24.3 Å². The molecule has 2 amide bonds. The van der Waals surface area contributed by atoms with E-state index in [4.69, 9.17) is 28.4 Å². The molecule has 242 valence electrons. The fraction of sp³-hybridized carbons (Fsp3) is 0.733. The van der Waals surface area contributed by atoms with Crippen molar-refractivity contribution < 1.29 is 47.6 Å². The van der Waals surface area contributed by atoms with E-state index in [1.165, 1.54) is 0 Å². The molecule has 0 aromatic rings. The largest absolute Gasteiger partial charge is 0.460 e. The van der Waals surface area contributed by atoms with Crippen LogP contribution in [0.15, 0.2) is 24.3 Å². The standard InChI is InChI=1S/C30H52N2O10/c1-23(2)25(33)37-21-15-31-27(35)39-17-9-10-19-41-30(7,8)14-12-20-42-29(5,6)13-11-18-40-28(36)32-16-22-38-26(34)24(3)4/h1,3,9-22H2,2,4-8H3,(H,31,35)(H,32,36). The van der Waals surface area contributed by atoms with Crippen LogP contribution in [0.4, 0.5) is 9.59 Å². The van der Waals surface area contributed by atoms with Gasteiger partial charge in [0.15, 0.2) is 0 Å². The number of nitrogens with one attached hydrogen (secondary N) is 2. The Labute approximate surface area is 250 Å². The first-order valence-corrected chi connectivity index (χ1v) is 14.4. The lowest BCUT2D eigenvalue weighted by molar-refractivity contribution is -0.139. The summed E-state index contributed by atoms with van der Waals surface area (Å²) >= 11 is 0. The number of carbonyl (C=O) groups is 4. The lowest BCUT2D eigenvalue weighted by Crippen LogP contribution is -2.30. The van der Waals surface area contributed by atoms with Gasteiger partial charge in [0.1, 0.15) is 13.2 Å². The van der Waals surface area contributed by atoms with Gasteiger partial charge >= 0.3 is 24.1 Å². The number of hydrogen-bond donors (Lipinski definition) is 2. The normalized spacial score (nSPS) is 11.3. The summed E-state index contributed by atoms with van der Waals surface area (Å²) in [5.41, 5.74) is -0.0588. The van der Waals surface area contributed by atoms with Crippen molar-refractivity contribution in [2.75, 3.05) is 52.7 Å². The second kappa shape index (κ2) is 21.6. The Morgan fingerprint density at radius 1 is 0.548 bits per heavy atom. The summed E-state index contributed by atoms with van der Waals surface area (Å²) in [4.78, 5) is 45.9. The van der Waals surface area contributed by atoms with Gasteiger partial charge in [-0.05, 0) is 80.1 Å². The molecular weight excluding hydrogens is 548 g/mol. The van der Waals surface area contributed by atoms with E-state index >= 15 is 0 Å². The highest BCUT2D eigenvalue weighted by Gasteiger charge is 2.21. The van der Waals surface area contributed by atoms with Crippen LogP contribution in [0, 0.1) is 0 Å². The van der Waals surface area contributed by atoms with Crippen LogP contribution in [0.25, 0.3) is 0 Å². The maximum Gasteiger partial charge on any atom is 0.407 e. The smallest absolute Gasteiger partial charge is 0.407 e. The molecule has 0 bridgehead atoms. The molecule has 0 saturated carbocycles. The van der Waals surface area contributed by atoms with Crippen molar-refractivity contribution >= 4 is 24.1 Å². The van der Waals surface area contributed by atoms with Crippen LogP contribution in [0.5, 0.6) is 0 Å². The SMILES string of the molecule is C=C(C)C(=O)OCCNC(=O)OCCCCOC(C)(C)CCCOC(C)(C)CCCOC(=O)NCCOC(=O)C(=C)C. The molecular formula is C30H52N2O10. The molecule has 12 heteroatoms. The van der Waals surface area contributed by atoms with Crippen LogP contribution in [-0.2, 0) is 38.0 Å². The topological polar surface area (TPSA) is 148 Å². The molecule has 0 aliphatic heterocycles. The molecule has 0 aromatic heterocycles. The zero-order valence-corrected chi connectivity index (χ0v) is 26.4. The highest BCUT2D eigenvalue weighted by molar-refractivity contribution is 5.87. The zero-order valence-electron chi connectivity index (χ0n) is 26.4. The Hall–Kier alpha value is -3.12. The van der Waals surface area contributed by atoms with Gasteiger partial charge in [0.2, 0.25) is 0 Å². The highest BCUT2D eigenvalue weighted by Crippen LogP contribution is 2.21. The molecule has 42 heavy (non-hydrogen) atoms. The van der Waals surface area contributed by atoms with Gasteiger partial charge in [-0.3, -0.25) is 0 Å². The fourth-order valence-electron chi connectivity index (χ4n) is 3.31. The van der Waals surface area contributed by atoms with E-state index in [0.29, 0.717) is 37.2 Å². The van der Waals surface area contributed by atoms with Crippen molar-refractivity contribution in [3.8, 4) is 0 Å². The van der Waals surface area contributed by atoms with E-state index in [9.17, 15) is 19.2 Å². The Morgan fingerprint density at radius 2 is 0.905 bits per heavy atom. The number of carbonyl (C=O) groups excluding carboxylic acids is 4. The van der Waals surface area contributed by atoms with Gasteiger partial charge in [-0.25, -0.2) is 19.2 Å². The number of esters is 2. The fourth-order valence-corrected chi connectivity index (χ4v) is 3.31. The summed E-state index contributed by atoms with van der Waals surface area (Å²) in [7, 11) is 0. The first-order valence-electron chi connectivity index (χ1n) is 14.4. The molecule has 2 N–H and O–H groups in total. The van der Waals surface area contributed by atoms with Gasteiger partial charge < -0.3 is 39.1 Å². The first-order chi connectivity index (χ1) is 19.6. The molecule has 0 aliphatic carbocycles. The van der Waals surface area contributed by atoms with Gasteiger partial charge in [0, 0.05) is 24.4 Å². The molecule has 12 nitrogen and oxygen atoms in total. The van der Waals surface area contributed by atoms with Gasteiger partial charge in [0.05, 0.1) is 37.5 Å². The third-order valence-electron chi connectivity index (χ3n) is 5.74. The van der Waals surface area contributed by atoms with Crippen LogP contribution < -0.4 is 10.6 Å². The third kappa shape index (κ3) is 22.6. The first kappa shape index (κ1) is 38.9. The zero-order chi connectivity index (χ0) is 32.0. The van der Waals surface area contributed by atoms with Crippen LogP contribution in [0.1, 0.15) is 80.1 Å². The molecule has 0 radical (unpaired) electrons. The van der Waals surface area contributed by atoms with Crippen molar-refractivity contribution in [2.24, 2.45) is 0 Å². The Kier molecular flexibility index (Phi) is 20.0. The number of amides is 2. The number of unbranched alkanes of at least 4 members (excludes halogenated alkanes) is 1. The van der Waals surface area contributed by atoms with Gasteiger partial charge in [0.25, 0.3) is 0 Å². The molecule has 0 rings (SSSR count). The molecule has 0 spiro atoms. The minimum atomic E-state index is -0.559. The van der Waals surface area contributed by atoms with Crippen LogP contribution in [0.2, 0.25) is 0 Å². The molecule has 0 unspecified atom stereocenters. The molecule has 0 aliphatic rings. The van der Waals surface area contributed by atoms with Crippen molar-refractivity contribution in [1.29, 1.82) is 0 Å². The average molecular weight is 601 g/mol. The minimum Gasteiger partial charge on any atom is -0.460 e. The summed E-state index contributed by atoms with van der Waals surface area (Å²) in [6, 6.07) is 0. The number of rotatable bonds is 23. The lowest BCUT2D eigenvalue weighted by Gasteiger charge is -2.28. The quantitative estimate of drug-likeness (QED) is 0.0737. The van der Waals surface area contributed by atoms with E-state index < -0.39 is 24.1 Å². The van der Waals surface area contributed by atoms with Crippen molar-refractivity contribution in [3.63, 3.8) is 0 Å². The Balaban J connectivity index is 3.82. The van der Waals surface area contributed by atoms with Crippen LogP contribution in [-0.4, -0.2) is 88.1 Å². The molecule has 0 fully saturated rings. The lowest BCUT2D eigenvalue weighted by atomic mass is 10.0. The molecule has 0 atom stereocenters. The van der Waals surface area contributed by atoms with E-state index in [-0.39, 0.29) is 50.7 Å². The van der Waals surface area contributed by atoms with Gasteiger partial charge in [-0.15, -0.1) is 0 Å². The van der Waals surface area contributed by atoms with Crippen LogP contribution >= 0.6 is 0 Å². The second-order valence-electron chi connectivity index (χ2n) is 11.1. The highest BCUT2D eigenvalue weighted by atomic mass is 16.6. The minimum absolute atomic E-state index is 0.0542. The van der Waals surface area contributed by atoms with Gasteiger partial charge in [-0.1, -0.05) is 13.2 Å². The van der Waals surface area contributed by atoms with Crippen molar-refractivity contribution in [1.82, 2.24) is 10.6 Å². The molecule has 0 saturated heterocycles. The Bertz CT molecular complexity index is 870. The number of alkyl carbamates (subject to hydrolysis) is 2. The van der Waals surface area contributed by atoms with E-state index in [1.54, 1.807) is 13.8 Å². The van der Waals surface area contributed by atoms with Crippen molar-refractivity contribution in [2.45, 2.75) is 91.3 Å². The summed E-state index contributed by atoms with van der Waals surface area (Å²) in [5.74, 6) is -0.991. The van der Waals surface area contributed by atoms with E-state index in [1.807, 2.05) is 27.7 Å². The monoisotopic (exact) mass is 600 g/mol. The summed E-state index contributed by atoms with van der Waals surface area (Å²) < 4.78 is 32.1. The summed E-state index contributed by atoms with van der Waals surface area (Å²) in [6.45, 7) is 20.3. The van der Waals surface area contributed by atoms with Gasteiger partial charge in [-0.2, -0.15) is 0 Å². The average Bonchev–Trinajstić information content (AvgIpc) is 2.91. The number of ether oxygens (including phenoxy) is 6. The maximum atomic E-state index is 11.7. The van der Waals surface area contributed by atoms with E-state index in [2.05, 4.69) is 23.8 Å². The van der Waals surface area contributed by atoms with Crippen LogP contribution in [0.3, 0.4) is 0 Å². The molecule has 0 aromatic carbocycles. The summed E-state index contributed by atoms with van der Waals surface area (Å²) in [6.07, 6.45) is 3.32. The maximum absolute atomic E-state index is 11.7. The number of hydrogen-bond acceptors (Lipinski definition) is 10. The second-order valence-corrected chi connectivity index (χ2v) is 11.1. The predicted molar refractivity (Wildman–Crippen MR) is 158 cm³/mol. The molecule has 0 heterocycles. The third-order valence-corrected chi connectivity index (χ3v) is 5.74.